The van der Waals surface area contributed by atoms with E-state index < -0.39 is 75.2 Å². The van der Waals surface area contributed by atoms with Crippen molar-refractivity contribution in [2.75, 3.05) is 11.5 Å². The maximum Gasteiger partial charge on any atom is 0.457 e. The first kappa shape index (κ1) is 33.1. The van der Waals surface area contributed by atoms with Gasteiger partial charge >= 0.3 is 24.5 Å². The molecule has 0 bridgehead atoms. The molecule has 4 aromatic rings. The van der Waals surface area contributed by atoms with Crippen LogP contribution in [0.25, 0.3) is 0 Å². The number of ether oxygens (including phenoxy) is 2. The Labute approximate surface area is 245 Å². The van der Waals surface area contributed by atoms with E-state index in [1.807, 2.05) is 0 Å². The lowest BCUT2D eigenvalue weighted by molar-refractivity contribution is -0.323. The molecule has 0 amide bonds. The zero-order valence-electron chi connectivity index (χ0n) is 22.1. The third-order valence-electron chi connectivity index (χ3n) is 6.42. The van der Waals surface area contributed by atoms with Crippen molar-refractivity contribution < 1.29 is 62.2 Å². The molecule has 0 aliphatic rings. The van der Waals surface area contributed by atoms with Gasteiger partial charge in [0.05, 0.1) is 11.1 Å². The van der Waals surface area contributed by atoms with Gasteiger partial charge in [0.1, 0.15) is 23.0 Å². The predicted molar refractivity (Wildman–Crippen MR) is 138 cm³/mol. The predicted octanol–water partition coefficient (Wildman–Crippen LogP) is 9.88. The van der Waals surface area contributed by atoms with Crippen LogP contribution in [0.4, 0.5) is 64.1 Å². The topological polar surface area (TPSA) is 70.5 Å². The number of rotatable bonds is 7. The molecule has 0 aromatic heterocycles. The average Bonchev–Trinajstić information content (AvgIpc) is 2.93. The smallest absolute Gasteiger partial charge is 0.457 e. The Hall–Kier alpha value is -4.76. The average molecular weight is 654 g/mol. The largest absolute Gasteiger partial charge is 0.457 e. The number of hydrogen-bond acceptors (Lipinski definition) is 4. The third-order valence-corrected chi connectivity index (χ3v) is 6.42. The summed E-state index contributed by atoms with van der Waals surface area (Å²) in [5, 5.41) is 0. The lowest BCUT2D eigenvalue weighted by atomic mass is 9.82. The summed E-state index contributed by atoms with van der Waals surface area (Å²) in [6, 6.07) is 10.0. The number of benzene rings is 4. The number of halogens is 12. The van der Waals surface area contributed by atoms with Gasteiger partial charge in [-0.1, -0.05) is 24.3 Å². The van der Waals surface area contributed by atoms with Gasteiger partial charge in [0.2, 0.25) is 5.67 Å². The lowest BCUT2D eigenvalue weighted by Crippen LogP contribution is -2.53. The first-order chi connectivity index (χ1) is 20.6. The molecule has 45 heavy (non-hydrogen) atoms. The highest BCUT2D eigenvalue weighted by Crippen LogP contribution is 2.54. The van der Waals surface area contributed by atoms with E-state index in [2.05, 4.69) is 0 Å². The van der Waals surface area contributed by atoms with Crippen molar-refractivity contribution in [1.82, 2.24) is 0 Å². The number of anilines is 2. The number of nitrogen functional groups attached to an aromatic ring is 2. The van der Waals surface area contributed by atoms with E-state index in [9.17, 15) is 48.3 Å². The fraction of sp³-hybridized carbons (Fsp3) is 0.172. The summed E-state index contributed by atoms with van der Waals surface area (Å²) in [4.78, 5) is 0. The van der Waals surface area contributed by atoms with Gasteiger partial charge in [-0.3, -0.25) is 0 Å². The van der Waals surface area contributed by atoms with Crippen molar-refractivity contribution in [1.29, 1.82) is 0 Å². The first-order valence-corrected chi connectivity index (χ1v) is 12.3. The van der Waals surface area contributed by atoms with Gasteiger partial charge in [-0.15, -0.1) is 0 Å². The van der Waals surface area contributed by atoms with Crippen LogP contribution in [0.1, 0.15) is 22.3 Å². The highest BCUT2D eigenvalue weighted by Gasteiger charge is 2.72. The zero-order valence-corrected chi connectivity index (χ0v) is 22.1. The molecular weight excluding hydrogens is 636 g/mol. The number of nitrogens with two attached hydrogens (primary N) is 2. The minimum atomic E-state index is -6.41. The van der Waals surface area contributed by atoms with Crippen molar-refractivity contribution in [3.8, 4) is 23.0 Å². The summed E-state index contributed by atoms with van der Waals surface area (Å²) < 4.78 is 176. The molecule has 4 N–H and O–H groups in total. The Bertz CT molecular complexity index is 1550. The fourth-order valence-electron chi connectivity index (χ4n) is 4.19. The molecule has 4 aromatic carbocycles. The fourth-order valence-corrected chi connectivity index (χ4v) is 4.19. The second kappa shape index (κ2) is 11.3. The van der Waals surface area contributed by atoms with E-state index >= 15 is 4.39 Å². The molecule has 0 spiro atoms. The number of hydrogen-bond donors (Lipinski definition) is 2. The highest BCUT2D eigenvalue weighted by molar-refractivity contribution is 5.54. The van der Waals surface area contributed by atoms with Gasteiger partial charge in [0, 0.05) is 22.5 Å². The highest BCUT2D eigenvalue weighted by atomic mass is 19.4. The van der Waals surface area contributed by atoms with Crippen LogP contribution in [0.15, 0.2) is 84.9 Å². The molecule has 0 atom stereocenters. The Morgan fingerprint density at radius 1 is 0.422 bits per heavy atom. The molecule has 0 aliphatic carbocycles. The van der Waals surface area contributed by atoms with Gasteiger partial charge in [0.25, 0.3) is 0 Å². The Kier molecular flexibility index (Phi) is 8.33. The normalized spacial score (nSPS) is 13.1. The molecule has 240 valence electrons. The maximum absolute atomic E-state index is 16.3. The molecule has 16 heteroatoms. The van der Waals surface area contributed by atoms with E-state index in [1.54, 1.807) is 0 Å². The van der Waals surface area contributed by atoms with Gasteiger partial charge in [-0.2, -0.15) is 48.3 Å². The minimum absolute atomic E-state index is 0.347. The second-order valence-corrected chi connectivity index (χ2v) is 9.48. The van der Waals surface area contributed by atoms with Crippen molar-refractivity contribution >= 4 is 11.4 Å². The zero-order chi connectivity index (χ0) is 33.6. The molecule has 0 fully saturated rings. The molecule has 0 unspecified atom stereocenters. The molecule has 0 radical (unpaired) electrons. The Morgan fingerprint density at radius 3 is 1.02 bits per heavy atom. The molecule has 0 aliphatic heterocycles. The SMILES string of the molecule is Nc1ccc(Oc2ccc(C(F)(c3ccc(Oc4ccc(N)c(C(F)(F)F)c4)cc3)C(F)(F)C(F)(F)F)cc2)cc1C(F)(F)F. The van der Waals surface area contributed by atoms with Crippen molar-refractivity contribution in [3.63, 3.8) is 0 Å². The monoisotopic (exact) mass is 654 g/mol. The maximum atomic E-state index is 16.3. The van der Waals surface area contributed by atoms with Crippen molar-refractivity contribution in [2.45, 2.75) is 30.1 Å². The van der Waals surface area contributed by atoms with Gasteiger partial charge in [0.15, 0.2) is 0 Å². The van der Waals surface area contributed by atoms with Crippen molar-refractivity contribution in [3.05, 3.63) is 107 Å². The van der Waals surface area contributed by atoms with Gasteiger partial charge < -0.3 is 20.9 Å². The molecular formula is C29H18F12N2O2. The van der Waals surface area contributed by atoms with Crippen LogP contribution in [0.3, 0.4) is 0 Å². The lowest BCUT2D eigenvalue weighted by Gasteiger charge is -2.35. The van der Waals surface area contributed by atoms with Gasteiger partial charge in [-0.25, -0.2) is 4.39 Å². The summed E-state index contributed by atoms with van der Waals surface area (Å²) in [6.45, 7) is 0. The summed E-state index contributed by atoms with van der Waals surface area (Å²) in [6.07, 6.45) is -16.1. The van der Waals surface area contributed by atoms with E-state index in [0.717, 1.165) is 48.5 Å². The third kappa shape index (κ3) is 6.54. The van der Waals surface area contributed by atoms with E-state index in [4.69, 9.17) is 20.9 Å². The molecule has 4 nitrogen and oxygen atoms in total. The van der Waals surface area contributed by atoms with Crippen LogP contribution < -0.4 is 20.9 Å². The van der Waals surface area contributed by atoms with Crippen LogP contribution in [-0.4, -0.2) is 12.1 Å². The van der Waals surface area contributed by atoms with Crippen LogP contribution in [0.2, 0.25) is 0 Å². The molecule has 0 heterocycles. The Morgan fingerprint density at radius 2 is 0.733 bits per heavy atom. The molecule has 0 saturated heterocycles. The summed E-state index contributed by atoms with van der Waals surface area (Å²) in [7, 11) is 0. The number of alkyl halides is 12. The van der Waals surface area contributed by atoms with Crippen LogP contribution >= 0.6 is 0 Å². The first-order valence-electron chi connectivity index (χ1n) is 12.3. The Balaban J connectivity index is 1.68. The van der Waals surface area contributed by atoms with E-state index in [1.165, 1.54) is 0 Å². The van der Waals surface area contributed by atoms with Crippen LogP contribution in [0.5, 0.6) is 23.0 Å². The van der Waals surface area contributed by atoms with E-state index in [-0.39, 0.29) is 11.5 Å². The minimum Gasteiger partial charge on any atom is -0.457 e. The molecule has 0 saturated carbocycles. The summed E-state index contributed by atoms with van der Waals surface area (Å²) >= 11 is 0. The standard InChI is InChI=1S/C29H18F12N2O2/c30-25(28(37,38)29(39,40)41,15-1-5-17(6-2-15)44-19-9-11-23(42)21(13-19)26(31,32)33)16-3-7-18(8-4-16)45-20-10-12-24(43)22(14-20)27(34,35)36/h1-14H,42-43H2. The van der Waals surface area contributed by atoms with Crippen molar-refractivity contribution in [2.24, 2.45) is 0 Å². The summed E-state index contributed by atoms with van der Waals surface area (Å²) in [5.41, 5.74) is -0.150. The second-order valence-electron chi connectivity index (χ2n) is 9.48. The van der Waals surface area contributed by atoms with Crippen LogP contribution in [-0.2, 0) is 18.0 Å². The van der Waals surface area contributed by atoms with Crippen LogP contribution in [0, 0.1) is 0 Å². The van der Waals surface area contributed by atoms with Gasteiger partial charge in [-0.05, 0) is 60.7 Å². The molecule has 4 rings (SSSR count). The quantitative estimate of drug-likeness (QED) is 0.154. The summed E-state index contributed by atoms with van der Waals surface area (Å²) in [5.74, 6) is -7.58. The van der Waals surface area contributed by atoms with E-state index in [0.29, 0.717) is 36.4 Å².